The van der Waals surface area contributed by atoms with Crippen LogP contribution in [0.1, 0.15) is 30.5 Å². The molecule has 0 spiro atoms. The van der Waals surface area contributed by atoms with Crippen LogP contribution < -0.4 is 10.2 Å². The first-order valence-electron chi connectivity index (χ1n) is 10.9. The molecule has 2 aliphatic heterocycles. The molecule has 2 aliphatic rings. The van der Waals surface area contributed by atoms with E-state index >= 15 is 0 Å². The van der Waals surface area contributed by atoms with Gasteiger partial charge in [-0.2, -0.15) is 4.31 Å². The summed E-state index contributed by atoms with van der Waals surface area (Å²) in [6.45, 7) is 8.57. The number of hydrogen-bond donors (Lipinski definition) is 1. The van der Waals surface area contributed by atoms with Gasteiger partial charge in [-0.1, -0.05) is 6.07 Å². The van der Waals surface area contributed by atoms with E-state index in [0.29, 0.717) is 43.2 Å². The molecular formula is C24H29N3O5S. The van der Waals surface area contributed by atoms with Crippen molar-refractivity contribution in [2.45, 2.75) is 38.0 Å². The van der Waals surface area contributed by atoms with Crippen LogP contribution in [0.15, 0.2) is 41.3 Å². The van der Waals surface area contributed by atoms with Gasteiger partial charge >= 0.3 is 0 Å². The highest BCUT2D eigenvalue weighted by atomic mass is 32.2. The zero-order valence-electron chi connectivity index (χ0n) is 19.3. The van der Waals surface area contributed by atoms with Crippen molar-refractivity contribution in [3.63, 3.8) is 0 Å². The van der Waals surface area contributed by atoms with Gasteiger partial charge in [0.05, 0.1) is 23.5 Å². The number of amides is 2. The molecule has 4 rings (SSSR count). The number of anilines is 2. The van der Waals surface area contributed by atoms with Gasteiger partial charge < -0.3 is 15.0 Å². The zero-order valence-corrected chi connectivity index (χ0v) is 20.2. The Hall–Kier alpha value is -2.75. The molecule has 0 atom stereocenters. The molecule has 0 unspecified atom stereocenters. The second-order valence-corrected chi connectivity index (χ2v) is 11.1. The molecule has 1 fully saturated rings. The average Bonchev–Trinajstić information content (AvgIpc) is 2.94. The SMILES string of the molecule is Cc1cc(C)cc(NC(=O)CN2C(=O)C(C)(C)c3cc(S(=O)(=O)N4CCOCC4)ccc32)c1. The summed E-state index contributed by atoms with van der Waals surface area (Å²) in [6, 6.07) is 10.5. The number of fused-ring (bicyclic) bond motifs is 1. The number of nitrogens with one attached hydrogen (secondary N) is 1. The number of nitrogens with zero attached hydrogens (tertiary/aromatic N) is 2. The predicted molar refractivity (Wildman–Crippen MR) is 126 cm³/mol. The van der Waals surface area contributed by atoms with Crippen LogP contribution in [0.5, 0.6) is 0 Å². The summed E-state index contributed by atoms with van der Waals surface area (Å²) in [6.07, 6.45) is 0. The number of carbonyl (C=O) groups excluding carboxylic acids is 2. The van der Waals surface area contributed by atoms with Gasteiger partial charge in [0.1, 0.15) is 6.54 Å². The highest BCUT2D eigenvalue weighted by Crippen LogP contribution is 2.42. The van der Waals surface area contributed by atoms with E-state index < -0.39 is 15.4 Å². The van der Waals surface area contributed by atoms with E-state index in [1.54, 1.807) is 26.0 Å². The van der Waals surface area contributed by atoms with Gasteiger partial charge in [-0.3, -0.25) is 9.59 Å². The first kappa shape index (κ1) is 23.4. The quantitative estimate of drug-likeness (QED) is 0.723. The van der Waals surface area contributed by atoms with Gasteiger partial charge in [-0.05, 0) is 74.7 Å². The fourth-order valence-corrected chi connectivity index (χ4v) is 5.89. The maximum absolute atomic E-state index is 13.2. The number of benzene rings is 2. The lowest BCUT2D eigenvalue weighted by atomic mass is 9.86. The van der Waals surface area contributed by atoms with Crippen LogP contribution in [-0.2, 0) is 29.8 Å². The van der Waals surface area contributed by atoms with Crippen molar-refractivity contribution in [3.05, 3.63) is 53.1 Å². The lowest BCUT2D eigenvalue weighted by molar-refractivity contribution is -0.124. The van der Waals surface area contributed by atoms with E-state index in [1.165, 1.54) is 15.3 Å². The molecule has 0 aliphatic carbocycles. The first-order valence-corrected chi connectivity index (χ1v) is 12.4. The monoisotopic (exact) mass is 471 g/mol. The summed E-state index contributed by atoms with van der Waals surface area (Å²) in [5.74, 6) is -0.559. The molecule has 8 nitrogen and oxygen atoms in total. The van der Waals surface area contributed by atoms with Gasteiger partial charge in [0, 0.05) is 24.5 Å². The molecule has 0 saturated carbocycles. The largest absolute Gasteiger partial charge is 0.379 e. The Morgan fingerprint density at radius 2 is 1.70 bits per heavy atom. The van der Waals surface area contributed by atoms with E-state index in [2.05, 4.69) is 5.32 Å². The van der Waals surface area contributed by atoms with E-state index in [0.717, 1.165) is 11.1 Å². The second-order valence-electron chi connectivity index (χ2n) is 9.14. The lowest BCUT2D eigenvalue weighted by Crippen LogP contribution is -2.41. The minimum atomic E-state index is -3.70. The van der Waals surface area contributed by atoms with Crippen LogP contribution in [0.4, 0.5) is 11.4 Å². The summed E-state index contributed by atoms with van der Waals surface area (Å²) < 4.78 is 32.9. The van der Waals surface area contributed by atoms with E-state index in [1.807, 2.05) is 32.0 Å². The Morgan fingerprint density at radius 3 is 2.33 bits per heavy atom. The minimum Gasteiger partial charge on any atom is -0.379 e. The molecule has 2 aromatic carbocycles. The third-order valence-corrected chi connectivity index (χ3v) is 8.02. The highest BCUT2D eigenvalue weighted by molar-refractivity contribution is 7.89. The molecule has 2 heterocycles. The Kier molecular flexibility index (Phi) is 6.07. The van der Waals surface area contributed by atoms with E-state index in [-0.39, 0.29) is 23.3 Å². The fourth-order valence-electron chi connectivity index (χ4n) is 4.46. The minimum absolute atomic E-state index is 0.144. The molecular weight excluding hydrogens is 442 g/mol. The fraction of sp³-hybridized carbons (Fsp3) is 0.417. The zero-order chi connectivity index (χ0) is 24.0. The van der Waals surface area contributed by atoms with Gasteiger partial charge in [0.25, 0.3) is 0 Å². The molecule has 0 bridgehead atoms. The van der Waals surface area contributed by atoms with Crippen molar-refractivity contribution in [3.8, 4) is 0 Å². The topological polar surface area (TPSA) is 96.0 Å². The molecule has 2 amide bonds. The Morgan fingerprint density at radius 1 is 1.06 bits per heavy atom. The van der Waals surface area contributed by atoms with Crippen LogP contribution in [-0.4, -0.2) is 57.4 Å². The Balaban J connectivity index is 1.60. The normalized spacial score (nSPS) is 18.3. The van der Waals surface area contributed by atoms with E-state index in [9.17, 15) is 18.0 Å². The van der Waals surface area contributed by atoms with Gasteiger partial charge in [-0.25, -0.2) is 8.42 Å². The van der Waals surface area contributed by atoms with Crippen LogP contribution in [0, 0.1) is 13.8 Å². The molecule has 2 aromatic rings. The third-order valence-electron chi connectivity index (χ3n) is 6.13. The van der Waals surface area contributed by atoms with Gasteiger partial charge in [0.15, 0.2) is 0 Å². The molecule has 1 saturated heterocycles. The van der Waals surface area contributed by atoms with Crippen LogP contribution in [0.3, 0.4) is 0 Å². The van der Waals surface area contributed by atoms with Crippen molar-refractivity contribution in [2.24, 2.45) is 0 Å². The number of ether oxygens (including phenoxy) is 1. The van der Waals surface area contributed by atoms with Gasteiger partial charge in [-0.15, -0.1) is 0 Å². The lowest BCUT2D eigenvalue weighted by Gasteiger charge is -2.26. The van der Waals surface area contributed by atoms with Crippen LogP contribution in [0.25, 0.3) is 0 Å². The number of carbonyl (C=O) groups is 2. The summed E-state index contributed by atoms with van der Waals surface area (Å²) >= 11 is 0. The van der Waals surface area contributed by atoms with Crippen molar-refractivity contribution in [2.75, 3.05) is 43.1 Å². The van der Waals surface area contributed by atoms with Crippen molar-refractivity contribution in [1.29, 1.82) is 0 Å². The summed E-state index contributed by atoms with van der Waals surface area (Å²) in [7, 11) is -3.70. The number of hydrogen-bond acceptors (Lipinski definition) is 5. The standard InChI is InChI=1S/C24H29N3O5S/c1-16-11-17(2)13-18(12-16)25-22(28)15-27-21-6-5-19(14-20(21)24(3,4)23(27)29)33(30,31)26-7-9-32-10-8-26/h5-6,11-14H,7-10,15H2,1-4H3,(H,25,28). The summed E-state index contributed by atoms with van der Waals surface area (Å²) in [5, 5.41) is 2.86. The molecule has 0 radical (unpaired) electrons. The third kappa shape index (κ3) is 4.40. The molecule has 9 heteroatoms. The summed E-state index contributed by atoms with van der Waals surface area (Å²) in [5.41, 5.74) is 2.94. The maximum Gasteiger partial charge on any atom is 0.244 e. The first-order chi connectivity index (χ1) is 15.5. The smallest absolute Gasteiger partial charge is 0.244 e. The number of sulfonamides is 1. The Bertz CT molecular complexity index is 1200. The van der Waals surface area contributed by atoms with Crippen molar-refractivity contribution >= 4 is 33.2 Å². The molecule has 176 valence electrons. The number of morpholine rings is 1. The van der Waals surface area contributed by atoms with Crippen molar-refractivity contribution < 1.29 is 22.7 Å². The molecule has 0 aromatic heterocycles. The van der Waals surface area contributed by atoms with Crippen molar-refractivity contribution in [1.82, 2.24) is 4.31 Å². The summed E-state index contributed by atoms with van der Waals surface area (Å²) in [4.78, 5) is 27.6. The van der Waals surface area contributed by atoms with E-state index in [4.69, 9.17) is 4.74 Å². The molecule has 1 N–H and O–H groups in total. The average molecular weight is 472 g/mol. The van der Waals surface area contributed by atoms with Gasteiger partial charge in [0.2, 0.25) is 21.8 Å². The van der Waals surface area contributed by atoms with Crippen LogP contribution >= 0.6 is 0 Å². The molecule has 33 heavy (non-hydrogen) atoms. The number of rotatable bonds is 5. The Labute approximate surface area is 194 Å². The highest BCUT2D eigenvalue weighted by Gasteiger charge is 2.45. The predicted octanol–water partition coefficient (Wildman–Crippen LogP) is 2.59. The second kappa shape index (κ2) is 8.55. The van der Waals surface area contributed by atoms with Crippen LogP contribution in [0.2, 0.25) is 0 Å². The maximum atomic E-state index is 13.2. The number of aryl methyl sites for hydroxylation is 2.